The second kappa shape index (κ2) is 8.35. The fourth-order valence-corrected chi connectivity index (χ4v) is 3.64. The Labute approximate surface area is 153 Å². The van der Waals surface area contributed by atoms with Crippen LogP contribution in [0.15, 0.2) is 18.2 Å². The molecule has 1 aromatic carbocycles. The average molecular weight is 391 g/mol. The summed E-state index contributed by atoms with van der Waals surface area (Å²) in [5.41, 5.74) is 0.380. The molecule has 0 bridgehead atoms. The number of benzene rings is 1. The van der Waals surface area contributed by atoms with Crippen LogP contribution in [0, 0.1) is 0 Å². The SMILES string of the molecule is CC(O)CNC(=O)c1ccc(OC2CCN(S(C)(=O)=O)CC2)c(Cl)c1. The molecule has 0 spiro atoms. The van der Waals surface area contributed by atoms with Crippen LogP contribution in [0.5, 0.6) is 5.75 Å². The number of carbonyl (C=O) groups is 1. The third-order valence-electron chi connectivity index (χ3n) is 3.92. The lowest BCUT2D eigenvalue weighted by molar-refractivity contribution is 0.0924. The standard InChI is InChI=1S/C16H23ClN2O5S/c1-11(20)10-18-16(21)12-3-4-15(14(17)9-12)24-13-5-7-19(8-6-13)25(2,22)23/h3-4,9,11,13,20H,5-8,10H2,1-2H3,(H,18,21). The quantitative estimate of drug-likeness (QED) is 0.762. The molecule has 0 saturated carbocycles. The van der Waals surface area contributed by atoms with E-state index in [2.05, 4.69) is 5.32 Å². The van der Waals surface area contributed by atoms with E-state index in [-0.39, 0.29) is 18.6 Å². The van der Waals surface area contributed by atoms with Gasteiger partial charge in [-0.05, 0) is 38.0 Å². The van der Waals surface area contributed by atoms with E-state index in [0.717, 1.165) is 0 Å². The minimum Gasteiger partial charge on any atom is -0.489 e. The van der Waals surface area contributed by atoms with E-state index in [4.69, 9.17) is 16.3 Å². The molecule has 140 valence electrons. The van der Waals surface area contributed by atoms with Crippen LogP contribution in [-0.2, 0) is 10.0 Å². The van der Waals surface area contributed by atoms with Gasteiger partial charge < -0.3 is 15.2 Å². The Bertz CT molecular complexity index is 715. The van der Waals surface area contributed by atoms with Gasteiger partial charge in [0.2, 0.25) is 10.0 Å². The molecule has 1 amide bonds. The molecule has 1 saturated heterocycles. The molecule has 1 aromatic rings. The predicted molar refractivity (Wildman–Crippen MR) is 95.5 cm³/mol. The lowest BCUT2D eigenvalue weighted by Crippen LogP contribution is -2.41. The molecule has 0 aromatic heterocycles. The van der Waals surface area contributed by atoms with Gasteiger partial charge in [0.1, 0.15) is 11.9 Å². The first-order chi connectivity index (χ1) is 11.7. The van der Waals surface area contributed by atoms with Crippen LogP contribution in [0.4, 0.5) is 0 Å². The number of nitrogens with one attached hydrogen (secondary N) is 1. The summed E-state index contributed by atoms with van der Waals surface area (Å²) in [7, 11) is -3.17. The summed E-state index contributed by atoms with van der Waals surface area (Å²) in [6.45, 7) is 2.58. The summed E-state index contributed by atoms with van der Waals surface area (Å²) in [4.78, 5) is 11.9. The maximum absolute atomic E-state index is 11.9. The topological polar surface area (TPSA) is 95.9 Å². The maximum Gasteiger partial charge on any atom is 0.251 e. The van der Waals surface area contributed by atoms with Gasteiger partial charge in [0.25, 0.3) is 5.91 Å². The molecule has 1 unspecified atom stereocenters. The van der Waals surface area contributed by atoms with Gasteiger partial charge in [-0.2, -0.15) is 0 Å². The van der Waals surface area contributed by atoms with E-state index in [0.29, 0.717) is 42.3 Å². The minimum atomic E-state index is -3.17. The highest BCUT2D eigenvalue weighted by Crippen LogP contribution is 2.28. The van der Waals surface area contributed by atoms with Gasteiger partial charge in [-0.25, -0.2) is 12.7 Å². The van der Waals surface area contributed by atoms with Gasteiger partial charge in [-0.3, -0.25) is 4.79 Å². The van der Waals surface area contributed by atoms with Crippen LogP contribution in [0.1, 0.15) is 30.1 Å². The van der Waals surface area contributed by atoms with Crippen LogP contribution in [-0.4, -0.2) is 61.8 Å². The fraction of sp³-hybridized carbons (Fsp3) is 0.562. The van der Waals surface area contributed by atoms with Gasteiger partial charge >= 0.3 is 0 Å². The van der Waals surface area contributed by atoms with Crippen molar-refractivity contribution >= 4 is 27.5 Å². The van der Waals surface area contributed by atoms with Gasteiger partial charge in [0, 0.05) is 25.2 Å². The first-order valence-corrected chi connectivity index (χ1v) is 10.3. The van der Waals surface area contributed by atoms with E-state index in [1.165, 1.54) is 16.6 Å². The number of sulfonamides is 1. The number of amides is 1. The lowest BCUT2D eigenvalue weighted by Gasteiger charge is -2.30. The van der Waals surface area contributed by atoms with Crippen LogP contribution in [0.25, 0.3) is 0 Å². The monoisotopic (exact) mass is 390 g/mol. The highest BCUT2D eigenvalue weighted by atomic mass is 35.5. The Morgan fingerprint density at radius 2 is 2.08 bits per heavy atom. The predicted octanol–water partition coefficient (Wildman–Crippen LogP) is 1.25. The van der Waals surface area contributed by atoms with Gasteiger partial charge in [-0.1, -0.05) is 11.6 Å². The minimum absolute atomic E-state index is 0.120. The molecule has 1 atom stereocenters. The Kier molecular flexibility index (Phi) is 6.67. The number of hydrogen-bond donors (Lipinski definition) is 2. The summed E-state index contributed by atoms with van der Waals surface area (Å²) < 4.78 is 30.3. The summed E-state index contributed by atoms with van der Waals surface area (Å²) in [6, 6.07) is 4.74. The summed E-state index contributed by atoms with van der Waals surface area (Å²) in [5.74, 6) is 0.141. The number of carbonyl (C=O) groups excluding carboxylic acids is 1. The number of nitrogens with zero attached hydrogens (tertiary/aromatic N) is 1. The maximum atomic E-state index is 11.9. The molecule has 25 heavy (non-hydrogen) atoms. The van der Waals surface area contributed by atoms with Crippen LogP contribution in [0.3, 0.4) is 0 Å². The van der Waals surface area contributed by atoms with Crippen LogP contribution >= 0.6 is 11.6 Å². The Morgan fingerprint density at radius 1 is 1.44 bits per heavy atom. The van der Waals surface area contributed by atoms with Crippen molar-refractivity contribution in [2.45, 2.75) is 32.0 Å². The highest BCUT2D eigenvalue weighted by Gasteiger charge is 2.26. The summed E-state index contributed by atoms with van der Waals surface area (Å²) in [5, 5.41) is 12.1. The molecular formula is C16H23ClN2O5S. The van der Waals surface area contributed by atoms with Gasteiger partial charge in [-0.15, -0.1) is 0 Å². The molecule has 2 rings (SSSR count). The van der Waals surface area contributed by atoms with Crippen molar-refractivity contribution < 1.29 is 23.1 Å². The zero-order valence-electron chi connectivity index (χ0n) is 14.2. The molecule has 1 aliphatic rings. The third-order valence-corrected chi connectivity index (χ3v) is 5.51. The van der Waals surface area contributed by atoms with Gasteiger partial charge in [0.05, 0.1) is 17.4 Å². The van der Waals surface area contributed by atoms with Crippen LogP contribution in [0.2, 0.25) is 5.02 Å². The summed E-state index contributed by atoms with van der Waals surface area (Å²) >= 11 is 6.20. The number of halogens is 1. The van der Waals surface area contributed by atoms with Crippen molar-refractivity contribution in [3.63, 3.8) is 0 Å². The fourth-order valence-electron chi connectivity index (χ4n) is 2.54. The number of piperidine rings is 1. The van der Waals surface area contributed by atoms with Crippen LogP contribution < -0.4 is 10.1 Å². The van der Waals surface area contributed by atoms with E-state index in [1.54, 1.807) is 19.1 Å². The van der Waals surface area contributed by atoms with E-state index in [1.807, 2.05) is 0 Å². The van der Waals surface area contributed by atoms with Crippen molar-refractivity contribution in [3.8, 4) is 5.75 Å². The normalized spacial score (nSPS) is 17.9. The molecular weight excluding hydrogens is 368 g/mol. The molecule has 1 heterocycles. The number of ether oxygens (including phenoxy) is 1. The molecule has 7 nitrogen and oxygen atoms in total. The zero-order chi connectivity index (χ0) is 18.6. The Hall–Kier alpha value is -1.35. The highest BCUT2D eigenvalue weighted by molar-refractivity contribution is 7.88. The second-order valence-corrected chi connectivity index (χ2v) is 8.57. The molecule has 2 N–H and O–H groups in total. The molecule has 0 aliphatic carbocycles. The Balaban J connectivity index is 1.94. The molecule has 9 heteroatoms. The second-order valence-electron chi connectivity index (χ2n) is 6.18. The van der Waals surface area contributed by atoms with E-state index >= 15 is 0 Å². The first kappa shape index (κ1) is 20.0. The first-order valence-electron chi connectivity index (χ1n) is 8.04. The van der Waals surface area contributed by atoms with E-state index < -0.39 is 16.1 Å². The third kappa shape index (κ3) is 5.85. The number of hydrogen-bond acceptors (Lipinski definition) is 5. The number of aliphatic hydroxyl groups excluding tert-OH is 1. The zero-order valence-corrected chi connectivity index (χ0v) is 15.8. The number of rotatable bonds is 6. The van der Waals surface area contributed by atoms with Crippen molar-refractivity contribution in [2.75, 3.05) is 25.9 Å². The lowest BCUT2D eigenvalue weighted by atomic mass is 10.1. The van der Waals surface area contributed by atoms with Crippen molar-refractivity contribution in [1.82, 2.24) is 9.62 Å². The molecule has 1 aliphatic heterocycles. The van der Waals surface area contributed by atoms with Gasteiger partial charge in [0.15, 0.2) is 0 Å². The largest absolute Gasteiger partial charge is 0.489 e. The van der Waals surface area contributed by atoms with Crippen molar-refractivity contribution in [1.29, 1.82) is 0 Å². The summed E-state index contributed by atoms with van der Waals surface area (Å²) in [6.07, 6.45) is 1.62. The average Bonchev–Trinajstić information content (AvgIpc) is 2.54. The van der Waals surface area contributed by atoms with Crippen molar-refractivity contribution in [3.05, 3.63) is 28.8 Å². The Morgan fingerprint density at radius 3 is 2.60 bits per heavy atom. The van der Waals surface area contributed by atoms with Crippen molar-refractivity contribution in [2.24, 2.45) is 0 Å². The number of aliphatic hydroxyl groups is 1. The molecule has 0 radical (unpaired) electrons. The smallest absolute Gasteiger partial charge is 0.251 e. The van der Waals surface area contributed by atoms with E-state index in [9.17, 15) is 18.3 Å². The molecule has 1 fully saturated rings.